The molecule has 2 nitrogen and oxygen atoms in total. The van der Waals surface area contributed by atoms with Gasteiger partial charge in [-0.3, -0.25) is 4.79 Å². The molecule has 0 fully saturated rings. The molecule has 0 saturated carbocycles. The maximum atomic E-state index is 11.8. The second-order valence-electron chi connectivity index (χ2n) is 4.14. The first-order valence-corrected chi connectivity index (χ1v) is 5.94. The second-order valence-corrected chi connectivity index (χ2v) is 4.89. The van der Waals surface area contributed by atoms with Gasteiger partial charge < -0.3 is 5.32 Å². The van der Waals surface area contributed by atoms with Crippen molar-refractivity contribution < 1.29 is 4.79 Å². The van der Waals surface area contributed by atoms with Gasteiger partial charge in [0, 0.05) is 17.5 Å². The number of halogens is 1. The third-order valence-electron chi connectivity index (χ3n) is 2.45. The summed E-state index contributed by atoms with van der Waals surface area (Å²) in [7, 11) is 0. The summed E-state index contributed by atoms with van der Waals surface area (Å²) in [4.78, 5) is 11.8. The monoisotopic (exact) mass is 239 g/mol. The van der Waals surface area contributed by atoms with Gasteiger partial charge in [-0.15, -0.1) is 11.6 Å². The molecule has 1 amide bonds. The van der Waals surface area contributed by atoms with Crippen LogP contribution >= 0.6 is 11.6 Å². The fraction of sp³-hybridized carbons (Fsp3) is 0.462. The Kier molecular flexibility index (Phi) is 4.81. The van der Waals surface area contributed by atoms with Crippen LogP contribution in [0.15, 0.2) is 18.2 Å². The lowest BCUT2D eigenvalue weighted by Crippen LogP contribution is -2.26. The Labute approximate surface area is 102 Å². The van der Waals surface area contributed by atoms with E-state index in [2.05, 4.69) is 5.32 Å². The molecule has 1 aromatic rings. The van der Waals surface area contributed by atoms with Gasteiger partial charge in [-0.25, -0.2) is 0 Å². The van der Waals surface area contributed by atoms with Crippen molar-refractivity contribution in [1.29, 1.82) is 0 Å². The summed E-state index contributed by atoms with van der Waals surface area (Å²) in [5.41, 5.74) is 2.92. The summed E-state index contributed by atoms with van der Waals surface area (Å²) in [6.07, 6.45) is 0.790. The van der Waals surface area contributed by atoms with E-state index in [1.54, 1.807) is 0 Å². The molecular weight excluding hydrogens is 222 g/mol. The molecule has 0 saturated heterocycles. The van der Waals surface area contributed by atoms with E-state index in [9.17, 15) is 4.79 Å². The predicted molar refractivity (Wildman–Crippen MR) is 68.2 cm³/mol. The van der Waals surface area contributed by atoms with Crippen LogP contribution in [0.3, 0.4) is 0 Å². The van der Waals surface area contributed by atoms with Gasteiger partial charge in [0.15, 0.2) is 0 Å². The minimum Gasteiger partial charge on any atom is -0.352 e. The van der Waals surface area contributed by atoms with Crippen LogP contribution in [-0.4, -0.2) is 17.8 Å². The van der Waals surface area contributed by atoms with Crippen LogP contribution in [0.5, 0.6) is 0 Å². The molecule has 16 heavy (non-hydrogen) atoms. The van der Waals surface area contributed by atoms with Gasteiger partial charge >= 0.3 is 0 Å². The zero-order valence-electron chi connectivity index (χ0n) is 10.0. The summed E-state index contributed by atoms with van der Waals surface area (Å²) in [5, 5.41) is 2.96. The van der Waals surface area contributed by atoms with Crippen molar-refractivity contribution in [2.75, 3.05) is 6.54 Å². The number of carbonyl (C=O) groups excluding carboxylic acids is 1. The van der Waals surface area contributed by atoms with Crippen molar-refractivity contribution in [3.05, 3.63) is 34.9 Å². The first-order chi connectivity index (χ1) is 7.50. The van der Waals surface area contributed by atoms with Gasteiger partial charge in [-0.1, -0.05) is 17.7 Å². The van der Waals surface area contributed by atoms with Crippen LogP contribution in [0.4, 0.5) is 0 Å². The SMILES string of the molecule is Cc1ccc(C(=O)NCCC(C)Cl)c(C)c1. The van der Waals surface area contributed by atoms with E-state index < -0.39 is 0 Å². The Morgan fingerprint density at radius 2 is 2.12 bits per heavy atom. The standard InChI is InChI=1S/C13H18ClNO/c1-9-4-5-12(10(2)8-9)13(16)15-7-6-11(3)14/h4-5,8,11H,6-7H2,1-3H3,(H,15,16). The first-order valence-electron chi connectivity index (χ1n) is 5.50. The molecule has 1 N–H and O–H groups in total. The molecule has 1 aromatic carbocycles. The molecule has 0 heterocycles. The van der Waals surface area contributed by atoms with Crippen molar-refractivity contribution >= 4 is 17.5 Å². The maximum Gasteiger partial charge on any atom is 0.251 e. The van der Waals surface area contributed by atoms with Gasteiger partial charge in [0.2, 0.25) is 0 Å². The first kappa shape index (κ1) is 13.0. The Balaban J connectivity index is 2.59. The highest BCUT2D eigenvalue weighted by Gasteiger charge is 2.08. The largest absolute Gasteiger partial charge is 0.352 e. The summed E-state index contributed by atoms with van der Waals surface area (Å²) < 4.78 is 0. The number of nitrogens with one attached hydrogen (secondary N) is 1. The van der Waals surface area contributed by atoms with E-state index in [1.807, 2.05) is 39.0 Å². The number of carbonyl (C=O) groups is 1. The smallest absolute Gasteiger partial charge is 0.251 e. The number of rotatable bonds is 4. The number of aryl methyl sites for hydroxylation is 2. The van der Waals surface area contributed by atoms with E-state index in [0.717, 1.165) is 17.5 Å². The summed E-state index contributed by atoms with van der Waals surface area (Å²) in [6, 6.07) is 5.83. The predicted octanol–water partition coefficient (Wildman–Crippen LogP) is 3.05. The molecule has 1 atom stereocenters. The third-order valence-corrected chi connectivity index (χ3v) is 2.67. The molecule has 3 heteroatoms. The molecule has 0 aliphatic heterocycles. The minimum absolute atomic E-state index is 0.0187. The van der Waals surface area contributed by atoms with E-state index >= 15 is 0 Å². The average molecular weight is 240 g/mol. The Bertz CT molecular complexity index is 374. The van der Waals surface area contributed by atoms with Crippen LogP contribution in [0.2, 0.25) is 0 Å². The second kappa shape index (κ2) is 5.90. The number of amides is 1. The number of benzene rings is 1. The molecule has 0 bridgehead atoms. The highest BCUT2D eigenvalue weighted by molar-refractivity contribution is 6.20. The Morgan fingerprint density at radius 3 is 2.69 bits per heavy atom. The highest BCUT2D eigenvalue weighted by atomic mass is 35.5. The topological polar surface area (TPSA) is 29.1 Å². The fourth-order valence-electron chi connectivity index (χ4n) is 1.55. The Hall–Kier alpha value is -1.02. The van der Waals surface area contributed by atoms with Gasteiger partial charge in [-0.05, 0) is 38.8 Å². The van der Waals surface area contributed by atoms with Crippen molar-refractivity contribution in [2.45, 2.75) is 32.6 Å². The van der Waals surface area contributed by atoms with Crippen molar-refractivity contribution in [2.24, 2.45) is 0 Å². The number of hydrogen-bond donors (Lipinski definition) is 1. The van der Waals surface area contributed by atoms with Crippen LogP contribution in [0.1, 0.15) is 34.8 Å². The van der Waals surface area contributed by atoms with Crippen molar-refractivity contribution in [3.63, 3.8) is 0 Å². The minimum atomic E-state index is -0.0187. The molecule has 1 rings (SSSR count). The molecular formula is C13H18ClNO. The van der Waals surface area contributed by atoms with Gasteiger partial charge in [0.1, 0.15) is 0 Å². The zero-order chi connectivity index (χ0) is 12.1. The molecule has 0 radical (unpaired) electrons. The van der Waals surface area contributed by atoms with Crippen LogP contribution in [-0.2, 0) is 0 Å². The number of alkyl halides is 1. The lowest BCUT2D eigenvalue weighted by Gasteiger charge is -2.08. The molecule has 88 valence electrons. The molecule has 1 unspecified atom stereocenters. The van der Waals surface area contributed by atoms with Crippen molar-refractivity contribution in [1.82, 2.24) is 5.32 Å². The van der Waals surface area contributed by atoms with Crippen LogP contribution in [0.25, 0.3) is 0 Å². The van der Waals surface area contributed by atoms with E-state index in [4.69, 9.17) is 11.6 Å². The fourth-order valence-corrected chi connectivity index (χ4v) is 1.66. The van der Waals surface area contributed by atoms with Gasteiger partial charge in [0.25, 0.3) is 5.91 Å². The van der Waals surface area contributed by atoms with Crippen molar-refractivity contribution in [3.8, 4) is 0 Å². The summed E-state index contributed by atoms with van der Waals surface area (Å²) >= 11 is 5.81. The van der Waals surface area contributed by atoms with E-state index in [-0.39, 0.29) is 11.3 Å². The summed E-state index contributed by atoms with van der Waals surface area (Å²) in [5.74, 6) is -0.0187. The molecule has 0 spiro atoms. The lowest BCUT2D eigenvalue weighted by molar-refractivity contribution is 0.0952. The van der Waals surface area contributed by atoms with Crippen LogP contribution in [0, 0.1) is 13.8 Å². The molecule has 0 aliphatic carbocycles. The van der Waals surface area contributed by atoms with E-state index in [1.165, 1.54) is 5.56 Å². The number of hydrogen-bond acceptors (Lipinski definition) is 1. The highest BCUT2D eigenvalue weighted by Crippen LogP contribution is 2.10. The molecule has 0 aromatic heterocycles. The Morgan fingerprint density at radius 1 is 1.44 bits per heavy atom. The quantitative estimate of drug-likeness (QED) is 0.804. The van der Waals surface area contributed by atoms with Gasteiger partial charge in [0.05, 0.1) is 0 Å². The average Bonchev–Trinajstić information content (AvgIpc) is 2.16. The lowest BCUT2D eigenvalue weighted by atomic mass is 10.1. The zero-order valence-corrected chi connectivity index (χ0v) is 10.8. The normalized spacial score (nSPS) is 12.2. The maximum absolute atomic E-state index is 11.8. The van der Waals surface area contributed by atoms with Gasteiger partial charge in [-0.2, -0.15) is 0 Å². The van der Waals surface area contributed by atoms with Crippen LogP contribution < -0.4 is 5.32 Å². The molecule has 0 aliphatic rings. The third kappa shape index (κ3) is 3.86. The summed E-state index contributed by atoms with van der Waals surface area (Å²) in [6.45, 7) is 6.51. The van der Waals surface area contributed by atoms with E-state index in [0.29, 0.717) is 6.54 Å².